The van der Waals surface area contributed by atoms with Gasteiger partial charge in [-0.15, -0.1) is 0 Å². The van der Waals surface area contributed by atoms with Crippen LogP contribution in [0.4, 0.5) is 20.3 Å². The number of aromatic nitrogens is 2. The van der Waals surface area contributed by atoms with Crippen LogP contribution in [0.3, 0.4) is 0 Å². The second-order valence-corrected chi connectivity index (χ2v) is 7.66. The lowest BCUT2D eigenvalue weighted by Gasteiger charge is -2.35. The van der Waals surface area contributed by atoms with Crippen LogP contribution in [0.15, 0.2) is 48.5 Å². The van der Waals surface area contributed by atoms with Crippen LogP contribution in [0.5, 0.6) is 0 Å². The Morgan fingerprint density at radius 1 is 1.14 bits per heavy atom. The van der Waals surface area contributed by atoms with E-state index in [2.05, 4.69) is 15.5 Å². The number of rotatable bonds is 4. The zero-order valence-electron chi connectivity index (χ0n) is 15.7. The van der Waals surface area contributed by atoms with E-state index in [1.807, 2.05) is 4.90 Å². The number of fused-ring (bicyclic) bond motifs is 4. The van der Waals surface area contributed by atoms with E-state index in [0.717, 1.165) is 24.1 Å². The molecule has 1 saturated heterocycles. The predicted molar refractivity (Wildman–Crippen MR) is 105 cm³/mol. The number of anilines is 2. The summed E-state index contributed by atoms with van der Waals surface area (Å²) in [5.74, 6) is -0.0472. The van der Waals surface area contributed by atoms with Gasteiger partial charge in [-0.1, -0.05) is 18.2 Å². The lowest BCUT2D eigenvalue weighted by Crippen LogP contribution is -2.42. The Morgan fingerprint density at radius 3 is 2.72 bits per heavy atom. The third-order valence-electron chi connectivity index (χ3n) is 5.78. The Hall–Kier alpha value is -3.22. The molecule has 5 nitrogen and oxygen atoms in total. The topological polar surface area (TPSA) is 61.0 Å². The largest absolute Gasteiger partial charge is 0.338 e. The number of H-pyrrole nitrogens is 1. The molecule has 2 unspecified atom stereocenters. The second kappa shape index (κ2) is 6.99. The molecular formula is C22H20F2N4O. The maximum absolute atomic E-state index is 13.5. The molecular weight excluding hydrogens is 374 g/mol. The van der Waals surface area contributed by atoms with Crippen LogP contribution < -0.4 is 5.32 Å². The third-order valence-corrected chi connectivity index (χ3v) is 5.78. The van der Waals surface area contributed by atoms with E-state index in [1.54, 1.807) is 24.3 Å². The van der Waals surface area contributed by atoms with E-state index in [9.17, 15) is 13.6 Å². The van der Waals surface area contributed by atoms with Gasteiger partial charge in [-0.3, -0.25) is 9.89 Å². The summed E-state index contributed by atoms with van der Waals surface area (Å²) < 4.78 is 27.0. The molecule has 1 amide bonds. The number of halogens is 2. The highest BCUT2D eigenvalue weighted by atomic mass is 19.1. The van der Waals surface area contributed by atoms with Crippen LogP contribution in [-0.4, -0.2) is 27.0 Å². The Bertz CT molecular complexity index is 1080. The number of nitrogens with zero attached hydrogens (tertiary/aromatic N) is 2. The lowest BCUT2D eigenvalue weighted by atomic mass is 9.98. The molecule has 3 aromatic rings. The minimum absolute atomic E-state index is 0.00773. The maximum atomic E-state index is 13.5. The van der Waals surface area contributed by atoms with E-state index in [0.29, 0.717) is 23.5 Å². The Labute approximate surface area is 166 Å². The average Bonchev–Trinajstić information content (AvgIpc) is 3.22. The van der Waals surface area contributed by atoms with Gasteiger partial charge in [0, 0.05) is 29.4 Å². The van der Waals surface area contributed by atoms with E-state index >= 15 is 0 Å². The van der Waals surface area contributed by atoms with Crippen molar-refractivity contribution in [2.75, 3.05) is 5.32 Å². The van der Waals surface area contributed by atoms with Crippen LogP contribution in [0.1, 0.15) is 35.7 Å². The number of carbonyl (C=O) groups is 1. The smallest absolute Gasteiger partial charge is 0.227 e. The number of amides is 1. The molecule has 3 heterocycles. The highest BCUT2D eigenvalue weighted by Gasteiger charge is 2.44. The van der Waals surface area contributed by atoms with Gasteiger partial charge in [-0.05, 0) is 48.7 Å². The van der Waals surface area contributed by atoms with Crippen molar-refractivity contribution in [3.63, 3.8) is 0 Å². The van der Waals surface area contributed by atoms with Crippen molar-refractivity contribution in [1.82, 2.24) is 15.1 Å². The Kier molecular flexibility index (Phi) is 4.30. The molecule has 0 saturated carbocycles. The maximum Gasteiger partial charge on any atom is 0.227 e. The summed E-state index contributed by atoms with van der Waals surface area (Å²) in [4.78, 5) is 15.0. The molecule has 2 aliphatic rings. The summed E-state index contributed by atoms with van der Waals surface area (Å²) in [6.07, 6.45) is 2.65. The molecule has 1 aromatic heterocycles. The fraction of sp³-hybridized carbons (Fsp3) is 0.273. The molecule has 2 atom stereocenters. The van der Waals surface area contributed by atoms with E-state index in [1.165, 1.54) is 24.3 Å². The van der Waals surface area contributed by atoms with Crippen molar-refractivity contribution >= 4 is 17.4 Å². The van der Waals surface area contributed by atoms with Crippen molar-refractivity contribution in [2.24, 2.45) is 0 Å². The van der Waals surface area contributed by atoms with Crippen LogP contribution in [0.25, 0.3) is 0 Å². The number of benzene rings is 2. The monoisotopic (exact) mass is 394 g/mol. The summed E-state index contributed by atoms with van der Waals surface area (Å²) in [7, 11) is 0. The first-order chi connectivity index (χ1) is 14.1. The van der Waals surface area contributed by atoms with Crippen molar-refractivity contribution in [2.45, 2.75) is 37.8 Å². The van der Waals surface area contributed by atoms with Crippen molar-refractivity contribution < 1.29 is 13.6 Å². The predicted octanol–water partition coefficient (Wildman–Crippen LogP) is 4.26. The molecule has 0 radical (unpaired) electrons. The van der Waals surface area contributed by atoms with Crippen molar-refractivity contribution in [1.29, 1.82) is 0 Å². The van der Waals surface area contributed by atoms with Gasteiger partial charge in [-0.2, -0.15) is 5.10 Å². The quantitative estimate of drug-likeness (QED) is 0.695. The number of carbonyl (C=O) groups excluding carboxylic acids is 1. The zero-order valence-corrected chi connectivity index (χ0v) is 15.7. The molecule has 29 heavy (non-hydrogen) atoms. The van der Waals surface area contributed by atoms with Crippen LogP contribution in [0, 0.1) is 11.6 Å². The first-order valence-corrected chi connectivity index (χ1v) is 9.74. The SMILES string of the molecule is O=C(Cc1cccc(F)c1)N1C2CCC1c1c(Nc3cccc(F)c3)n[nH]c1C2. The summed E-state index contributed by atoms with van der Waals surface area (Å²) in [5, 5.41) is 10.7. The first kappa shape index (κ1) is 17.8. The van der Waals surface area contributed by atoms with Gasteiger partial charge >= 0.3 is 0 Å². The summed E-state index contributed by atoms with van der Waals surface area (Å²) >= 11 is 0. The van der Waals surface area contributed by atoms with Gasteiger partial charge in [0.1, 0.15) is 11.6 Å². The second-order valence-electron chi connectivity index (χ2n) is 7.66. The van der Waals surface area contributed by atoms with Gasteiger partial charge in [0.25, 0.3) is 0 Å². The van der Waals surface area contributed by atoms with Crippen LogP contribution in [-0.2, 0) is 17.6 Å². The first-order valence-electron chi connectivity index (χ1n) is 9.74. The minimum Gasteiger partial charge on any atom is -0.338 e. The number of aromatic amines is 1. The molecule has 2 aliphatic heterocycles. The highest BCUT2D eigenvalue weighted by Crippen LogP contribution is 2.46. The average molecular weight is 394 g/mol. The summed E-state index contributed by atoms with van der Waals surface area (Å²) in [6.45, 7) is 0. The molecule has 1 fully saturated rings. The molecule has 2 N–H and O–H groups in total. The molecule has 2 bridgehead atoms. The summed E-state index contributed by atoms with van der Waals surface area (Å²) in [5.41, 5.74) is 3.27. The molecule has 2 aromatic carbocycles. The normalized spacial score (nSPS) is 19.9. The van der Waals surface area contributed by atoms with Crippen molar-refractivity contribution in [3.8, 4) is 0 Å². The molecule has 148 valence electrons. The lowest BCUT2D eigenvalue weighted by molar-refractivity contribution is -0.134. The third kappa shape index (κ3) is 3.26. The molecule has 0 spiro atoms. The minimum atomic E-state index is -0.337. The highest BCUT2D eigenvalue weighted by molar-refractivity contribution is 5.81. The van der Waals surface area contributed by atoms with Gasteiger partial charge in [-0.25, -0.2) is 8.78 Å². The van der Waals surface area contributed by atoms with E-state index in [-0.39, 0.29) is 36.0 Å². The van der Waals surface area contributed by atoms with Gasteiger partial charge in [0.05, 0.1) is 12.5 Å². The molecule has 5 rings (SSSR count). The number of nitrogens with one attached hydrogen (secondary N) is 2. The van der Waals surface area contributed by atoms with Crippen LogP contribution in [0.2, 0.25) is 0 Å². The van der Waals surface area contributed by atoms with Crippen LogP contribution >= 0.6 is 0 Å². The van der Waals surface area contributed by atoms with E-state index in [4.69, 9.17) is 0 Å². The van der Waals surface area contributed by atoms with Gasteiger partial charge in [0.15, 0.2) is 5.82 Å². The Balaban J connectivity index is 1.42. The summed E-state index contributed by atoms with van der Waals surface area (Å²) in [6, 6.07) is 12.4. The number of hydrogen-bond donors (Lipinski definition) is 2. The fourth-order valence-corrected chi connectivity index (χ4v) is 4.59. The van der Waals surface area contributed by atoms with E-state index < -0.39 is 0 Å². The number of hydrogen-bond acceptors (Lipinski definition) is 3. The van der Waals surface area contributed by atoms with Crippen molar-refractivity contribution in [3.05, 3.63) is 77.0 Å². The zero-order chi connectivity index (χ0) is 20.0. The molecule has 0 aliphatic carbocycles. The van der Waals surface area contributed by atoms with Gasteiger partial charge < -0.3 is 10.2 Å². The standard InChI is InChI=1S/C22H20F2N4O/c23-14-4-1-3-13(9-14)10-20(29)28-17-7-8-19(28)21-18(12-17)26-27-22(21)25-16-6-2-5-15(24)11-16/h1-6,9,11,17,19H,7-8,10,12H2,(H2,25,26,27). The Morgan fingerprint density at radius 2 is 1.93 bits per heavy atom. The fourth-order valence-electron chi connectivity index (χ4n) is 4.59. The molecule has 7 heteroatoms. The van der Waals surface area contributed by atoms with Gasteiger partial charge in [0.2, 0.25) is 5.91 Å².